The molecular weight excluding hydrogens is 376 g/mol. The van der Waals surface area contributed by atoms with Crippen LogP contribution in [0.1, 0.15) is 10.6 Å². The van der Waals surface area contributed by atoms with Crippen LogP contribution >= 0.6 is 0 Å². The fourth-order valence-electron chi connectivity index (χ4n) is 3.87. The van der Waals surface area contributed by atoms with Crippen LogP contribution in [0, 0.1) is 0 Å². The Morgan fingerprint density at radius 3 is 1.97 bits per heavy atom. The van der Waals surface area contributed by atoms with E-state index in [1.807, 2.05) is 30.3 Å². The van der Waals surface area contributed by atoms with Crippen molar-refractivity contribution in [3.05, 3.63) is 90.9 Å². The van der Waals surface area contributed by atoms with Crippen molar-refractivity contribution in [2.24, 2.45) is 0 Å². The number of furan rings is 1. The minimum absolute atomic E-state index is 0.150. The van der Waals surface area contributed by atoms with Crippen molar-refractivity contribution >= 4 is 49.6 Å². The van der Waals surface area contributed by atoms with Gasteiger partial charge in [-0.05, 0) is 35.0 Å². The van der Waals surface area contributed by atoms with Gasteiger partial charge in [-0.3, -0.25) is 0 Å². The summed E-state index contributed by atoms with van der Waals surface area (Å²) in [7, 11) is 0. The summed E-state index contributed by atoms with van der Waals surface area (Å²) < 4.78 is 10.5. The lowest BCUT2D eigenvalue weighted by Crippen LogP contribution is -2.07. The number of esters is 1. The number of aromatic nitrogens is 2. The average Bonchev–Trinajstić information content (AvgIpc) is 3.33. The minimum Gasteiger partial charge on any atom is -0.457 e. The standard InChI is InChI=1S/C25H14N2O3/c28-25(22-10-5-13-29-22)30-15-11-12-20-21(14-15)27-24-19-9-4-2-7-17(19)16-6-1-3-8-18(16)23(24)26-20/h1-14H. The number of carbonyl (C=O) groups excluding carboxylic acids is 1. The molecule has 2 aromatic heterocycles. The largest absolute Gasteiger partial charge is 0.457 e. The average molecular weight is 390 g/mol. The van der Waals surface area contributed by atoms with Crippen LogP contribution in [0.3, 0.4) is 0 Å². The third kappa shape index (κ3) is 2.53. The van der Waals surface area contributed by atoms with Gasteiger partial charge in [0.25, 0.3) is 0 Å². The van der Waals surface area contributed by atoms with Crippen molar-refractivity contribution in [1.29, 1.82) is 0 Å². The molecule has 142 valence electrons. The van der Waals surface area contributed by atoms with Gasteiger partial charge in [-0.1, -0.05) is 48.5 Å². The summed E-state index contributed by atoms with van der Waals surface area (Å²) in [6.45, 7) is 0. The van der Waals surface area contributed by atoms with Gasteiger partial charge < -0.3 is 9.15 Å². The highest BCUT2D eigenvalue weighted by molar-refractivity contribution is 6.23. The summed E-state index contributed by atoms with van der Waals surface area (Å²) in [5.41, 5.74) is 3.08. The van der Waals surface area contributed by atoms with Crippen molar-refractivity contribution in [3.8, 4) is 5.75 Å². The predicted molar refractivity (Wildman–Crippen MR) is 116 cm³/mol. The zero-order valence-electron chi connectivity index (χ0n) is 15.7. The smallest absolute Gasteiger partial charge is 0.379 e. The molecule has 0 aliphatic heterocycles. The number of benzene rings is 4. The lowest BCUT2D eigenvalue weighted by molar-refractivity contribution is 0.0701. The van der Waals surface area contributed by atoms with Gasteiger partial charge in [0.15, 0.2) is 0 Å². The first kappa shape index (κ1) is 16.7. The van der Waals surface area contributed by atoms with E-state index >= 15 is 0 Å². The van der Waals surface area contributed by atoms with Crippen molar-refractivity contribution in [2.75, 3.05) is 0 Å². The molecule has 0 bridgehead atoms. The molecule has 6 rings (SSSR count). The molecule has 0 aliphatic rings. The van der Waals surface area contributed by atoms with Gasteiger partial charge in [-0.15, -0.1) is 0 Å². The van der Waals surface area contributed by atoms with E-state index in [4.69, 9.17) is 19.1 Å². The molecule has 0 atom stereocenters. The molecule has 0 amide bonds. The molecule has 5 nitrogen and oxygen atoms in total. The Labute approximate surface area is 170 Å². The van der Waals surface area contributed by atoms with Crippen molar-refractivity contribution in [1.82, 2.24) is 9.97 Å². The number of rotatable bonds is 2. The van der Waals surface area contributed by atoms with Gasteiger partial charge in [-0.2, -0.15) is 0 Å². The van der Waals surface area contributed by atoms with Gasteiger partial charge in [0.2, 0.25) is 5.76 Å². The Morgan fingerprint density at radius 2 is 1.33 bits per heavy atom. The zero-order valence-corrected chi connectivity index (χ0v) is 15.7. The predicted octanol–water partition coefficient (Wildman–Crippen LogP) is 5.90. The number of fused-ring (bicyclic) bond motifs is 7. The van der Waals surface area contributed by atoms with Crippen LogP contribution in [0.25, 0.3) is 43.6 Å². The second-order valence-corrected chi connectivity index (χ2v) is 7.03. The summed E-state index contributed by atoms with van der Waals surface area (Å²) in [6, 6.07) is 24.9. The van der Waals surface area contributed by atoms with Crippen LogP contribution in [0.2, 0.25) is 0 Å². The highest BCUT2D eigenvalue weighted by atomic mass is 16.5. The Balaban J connectivity index is 1.59. The number of hydrogen-bond donors (Lipinski definition) is 0. The van der Waals surface area contributed by atoms with Crippen molar-refractivity contribution in [3.63, 3.8) is 0 Å². The maximum Gasteiger partial charge on any atom is 0.379 e. The molecule has 0 unspecified atom stereocenters. The third-order valence-electron chi connectivity index (χ3n) is 5.22. The van der Waals surface area contributed by atoms with E-state index in [-0.39, 0.29) is 5.76 Å². The molecule has 30 heavy (non-hydrogen) atoms. The van der Waals surface area contributed by atoms with E-state index in [1.54, 1.807) is 24.3 Å². The Morgan fingerprint density at radius 1 is 0.700 bits per heavy atom. The zero-order chi connectivity index (χ0) is 20.1. The van der Waals surface area contributed by atoms with Gasteiger partial charge in [0, 0.05) is 16.8 Å². The molecule has 6 aromatic rings. The number of nitrogens with zero attached hydrogens (tertiary/aromatic N) is 2. The van der Waals surface area contributed by atoms with Gasteiger partial charge in [0.05, 0.1) is 28.3 Å². The third-order valence-corrected chi connectivity index (χ3v) is 5.22. The van der Waals surface area contributed by atoms with Crippen LogP contribution in [0.5, 0.6) is 5.75 Å². The first-order valence-corrected chi connectivity index (χ1v) is 9.54. The molecular formula is C25H14N2O3. The van der Waals surface area contributed by atoms with Crippen LogP contribution in [0.4, 0.5) is 0 Å². The summed E-state index contributed by atoms with van der Waals surface area (Å²) in [5.74, 6) is -0.00987. The maximum atomic E-state index is 12.2. The van der Waals surface area contributed by atoms with Crippen molar-refractivity contribution in [2.45, 2.75) is 0 Å². The van der Waals surface area contributed by atoms with E-state index in [0.717, 1.165) is 38.1 Å². The fourth-order valence-corrected chi connectivity index (χ4v) is 3.87. The Bertz CT molecular complexity index is 1590. The molecule has 5 heteroatoms. The van der Waals surface area contributed by atoms with E-state index < -0.39 is 5.97 Å². The fraction of sp³-hybridized carbons (Fsp3) is 0. The molecule has 0 saturated heterocycles. The molecule has 4 aromatic carbocycles. The summed E-state index contributed by atoms with van der Waals surface area (Å²) in [6.07, 6.45) is 1.43. The molecule has 0 radical (unpaired) electrons. The second kappa shape index (κ2) is 6.39. The van der Waals surface area contributed by atoms with Gasteiger partial charge in [0.1, 0.15) is 5.75 Å². The number of carbonyl (C=O) groups is 1. The van der Waals surface area contributed by atoms with Crippen LogP contribution in [-0.4, -0.2) is 15.9 Å². The monoisotopic (exact) mass is 390 g/mol. The first-order chi connectivity index (χ1) is 14.8. The highest BCUT2D eigenvalue weighted by Crippen LogP contribution is 2.34. The summed E-state index contributed by atoms with van der Waals surface area (Å²) in [4.78, 5) is 22.0. The Hall–Kier alpha value is -4.25. The normalized spacial score (nSPS) is 11.5. The lowest BCUT2D eigenvalue weighted by atomic mass is 9.99. The molecule has 0 saturated carbocycles. The van der Waals surface area contributed by atoms with Gasteiger partial charge in [-0.25, -0.2) is 14.8 Å². The lowest BCUT2D eigenvalue weighted by Gasteiger charge is -2.10. The SMILES string of the molecule is O=C(Oc1ccc2nc3c4ccccc4c4ccccc4c3nc2c1)c1ccco1. The summed E-state index contributed by atoms with van der Waals surface area (Å²) in [5, 5.41) is 4.39. The maximum absolute atomic E-state index is 12.2. The first-order valence-electron chi connectivity index (χ1n) is 9.54. The van der Waals surface area contributed by atoms with Gasteiger partial charge >= 0.3 is 5.97 Å². The van der Waals surface area contributed by atoms with Crippen LogP contribution < -0.4 is 4.74 Å². The summed E-state index contributed by atoms with van der Waals surface area (Å²) >= 11 is 0. The van der Waals surface area contributed by atoms with Crippen LogP contribution in [0.15, 0.2) is 89.5 Å². The molecule has 0 N–H and O–H groups in total. The molecule has 0 aliphatic carbocycles. The molecule has 0 spiro atoms. The molecule has 0 fully saturated rings. The minimum atomic E-state index is -0.551. The van der Waals surface area contributed by atoms with Crippen LogP contribution in [-0.2, 0) is 0 Å². The molecule has 2 heterocycles. The van der Waals surface area contributed by atoms with Crippen molar-refractivity contribution < 1.29 is 13.9 Å². The Kier molecular flexibility index (Phi) is 3.55. The number of hydrogen-bond acceptors (Lipinski definition) is 5. The van der Waals surface area contributed by atoms with E-state index in [1.165, 1.54) is 6.26 Å². The highest BCUT2D eigenvalue weighted by Gasteiger charge is 2.14. The quantitative estimate of drug-likeness (QED) is 0.159. The second-order valence-electron chi connectivity index (χ2n) is 7.03. The van der Waals surface area contributed by atoms with E-state index in [2.05, 4.69) is 24.3 Å². The van der Waals surface area contributed by atoms with E-state index in [0.29, 0.717) is 11.3 Å². The topological polar surface area (TPSA) is 65.2 Å². The van der Waals surface area contributed by atoms with E-state index in [9.17, 15) is 4.79 Å². The number of ether oxygens (including phenoxy) is 1.